The maximum atomic E-state index is 13.1. The van der Waals surface area contributed by atoms with Crippen molar-refractivity contribution in [2.75, 3.05) is 39.6 Å². The summed E-state index contributed by atoms with van der Waals surface area (Å²) in [5, 5.41) is 10.6. The molecule has 0 heterocycles. The van der Waals surface area contributed by atoms with E-state index in [0.29, 0.717) is 32.1 Å². The lowest BCUT2D eigenvalue weighted by atomic mass is 10.0. The van der Waals surface area contributed by atoms with E-state index >= 15 is 0 Å². The van der Waals surface area contributed by atoms with Gasteiger partial charge in [0.05, 0.1) is 26.4 Å². The normalized spacial score (nSPS) is 14.3. The molecule has 0 aliphatic rings. The van der Waals surface area contributed by atoms with Crippen LogP contribution in [0, 0.1) is 0 Å². The molecule has 0 saturated heterocycles. The first-order valence-electron chi connectivity index (χ1n) is 40.8. The van der Waals surface area contributed by atoms with Crippen LogP contribution in [0.5, 0.6) is 0 Å². The van der Waals surface area contributed by atoms with Crippen molar-refractivity contribution in [1.29, 1.82) is 0 Å². The molecule has 17 nitrogen and oxygen atoms in total. The Labute approximate surface area is 621 Å². The zero-order chi connectivity index (χ0) is 74.6. The van der Waals surface area contributed by atoms with Crippen LogP contribution in [-0.2, 0) is 65.4 Å². The Morgan fingerprint density at radius 3 is 0.833 bits per heavy atom. The Hall–Kier alpha value is -3.76. The lowest BCUT2D eigenvalue weighted by molar-refractivity contribution is -0.161. The Morgan fingerprint density at radius 1 is 0.275 bits per heavy atom. The number of esters is 4. The number of hydrogen-bond donors (Lipinski definition) is 3. The first-order valence-corrected chi connectivity index (χ1v) is 43.8. The summed E-state index contributed by atoms with van der Waals surface area (Å²) in [6.07, 6.45) is 78.5. The molecule has 0 saturated carbocycles. The van der Waals surface area contributed by atoms with Crippen LogP contribution in [0.4, 0.5) is 0 Å². The summed E-state index contributed by atoms with van der Waals surface area (Å²) in [7, 11) is -9.97. The van der Waals surface area contributed by atoms with Gasteiger partial charge in [0.1, 0.15) is 19.3 Å². The number of carbonyl (C=O) groups excluding carboxylic acids is 4. The molecule has 3 N–H and O–H groups in total. The van der Waals surface area contributed by atoms with Gasteiger partial charge >= 0.3 is 39.5 Å². The lowest BCUT2D eigenvalue weighted by Gasteiger charge is -2.21. The number of ether oxygens (including phenoxy) is 4. The number of allylic oxidation sites excluding steroid dienone is 14. The lowest BCUT2D eigenvalue weighted by Crippen LogP contribution is -2.30. The second-order valence-corrected chi connectivity index (χ2v) is 30.3. The number of aliphatic hydroxyl groups excluding tert-OH is 1. The molecular weight excluding hydrogens is 1330 g/mol. The predicted molar refractivity (Wildman–Crippen MR) is 418 cm³/mol. The second kappa shape index (κ2) is 75.5. The highest BCUT2D eigenvalue weighted by atomic mass is 31.2. The van der Waals surface area contributed by atoms with Crippen LogP contribution in [0.1, 0.15) is 362 Å². The van der Waals surface area contributed by atoms with Gasteiger partial charge in [0.25, 0.3) is 0 Å². The van der Waals surface area contributed by atoms with Crippen LogP contribution in [0.25, 0.3) is 0 Å². The highest BCUT2D eigenvalue weighted by molar-refractivity contribution is 7.47. The number of phosphoric ester groups is 2. The van der Waals surface area contributed by atoms with Crippen molar-refractivity contribution in [3.05, 3.63) is 85.1 Å². The van der Waals surface area contributed by atoms with Gasteiger partial charge in [-0.1, -0.05) is 305 Å². The van der Waals surface area contributed by atoms with Gasteiger partial charge in [-0.2, -0.15) is 0 Å². The van der Waals surface area contributed by atoms with Crippen LogP contribution in [0.2, 0.25) is 0 Å². The fraction of sp³-hybridized carbons (Fsp3) is 0.783. The van der Waals surface area contributed by atoms with E-state index in [-0.39, 0.29) is 25.7 Å². The number of phosphoric acid groups is 2. The molecule has 0 aromatic rings. The average molecular weight is 1480 g/mol. The van der Waals surface area contributed by atoms with Crippen LogP contribution in [-0.4, -0.2) is 96.7 Å². The summed E-state index contributed by atoms with van der Waals surface area (Å²) in [6, 6.07) is 0. The maximum absolute atomic E-state index is 13.1. The molecule has 0 amide bonds. The van der Waals surface area contributed by atoms with Gasteiger partial charge in [0, 0.05) is 25.7 Å². The smallest absolute Gasteiger partial charge is 0.462 e. The van der Waals surface area contributed by atoms with E-state index in [1.807, 2.05) is 18.2 Å². The van der Waals surface area contributed by atoms with E-state index < -0.39 is 97.5 Å². The summed E-state index contributed by atoms with van der Waals surface area (Å²) in [4.78, 5) is 73.0. The Morgan fingerprint density at radius 2 is 0.500 bits per heavy atom. The predicted octanol–water partition coefficient (Wildman–Crippen LogP) is 23.8. The molecule has 0 bridgehead atoms. The van der Waals surface area contributed by atoms with Crippen LogP contribution in [0.3, 0.4) is 0 Å². The molecule has 0 aliphatic carbocycles. The van der Waals surface area contributed by atoms with E-state index in [1.165, 1.54) is 148 Å². The second-order valence-electron chi connectivity index (χ2n) is 27.4. The number of aliphatic hydroxyl groups is 1. The summed E-state index contributed by atoms with van der Waals surface area (Å²) in [5.74, 6) is -2.25. The first-order chi connectivity index (χ1) is 49.7. The molecule has 592 valence electrons. The van der Waals surface area contributed by atoms with Gasteiger partial charge in [-0.05, 0) is 116 Å². The highest BCUT2D eigenvalue weighted by Gasteiger charge is 2.30. The molecule has 102 heavy (non-hydrogen) atoms. The molecular formula is C83H148O17P2. The summed E-state index contributed by atoms with van der Waals surface area (Å²) in [5.41, 5.74) is 0. The third kappa shape index (κ3) is 74.5. The number of hydrogen-bond acceptors (Lipinski definition) is 15. The minimum Gasteiger partial charge on any atom is -0.462 e. The molecule has 0 rings (SSSR count). The first kappa shape index (κ1) is 98.2. The van der Waals surface area contributed by atoms with Crippen molar-refractivity contribution in [1.82, 2.24) is 0 Å². The third-order valence-electron chi connectivity index (χ3n) is 17.3. The number of carbonyl (C=O) groups is 4. The number of unbranched alkanes of at least 4 members (excludes halogenated alkanes) is 37. The van der Waals surface area contributed by atoms with Gasteiger partial charge in [-0.25, -0.2) is 9.13 Å². The molecule has 0 aromatic carbocycles. The van der Waals surface area contributed by atoms with Gasteiger partial charge in [-0.3, -0.25) is 37.3 Å². The van der Waals surface area contributed by atoms with E-state index in [4.69, 9.17) is 37.0 Å². The summed E-state index contributed by atoms with van der Waals surface area (Å²) >= 11 is 0. The van der Waals surface area contributed by atoms with Crippen molar-refractivity contribution >= 4 is 39.5 Å². The van der Waals surface area contributed by atoms with Crippen molar-refractivity contribution in [3.8, 4) is 0 Å². The third-order valence-corrected chi connectivity index (χ3v) is 19.2. The zero-order valence-electron chi connectivity index (χ0n) is 64.8. The van der Waals surface area contributed by atoms with E-state index in [9.17, 15) is 43.2 Å². The van der Waals surface area contributed by atoms with Crippen molar-refractivity contribution < 1.29 is 80.2 Å². The van der Waals surface area contributed by atoms with Crippen LogP contribution >= 0.6 is 15.6 Å². The Bertz CT molecular complexity index is 2260. The van der Waals surface area contributed by atoms with Crippen LogP contribution < -0.4 is 0 Å². The van der Waals surface area contributed by atoms with E-state index in [0.717, 1.165) is 128 Å². The number of rotatable bonds is 77. The monoisotopic (exact) mass is 1480 g/mol. The highest BCUT2D eigenvalue weighted by Crippen LogP contribution is 2.45. The molecule has 5 atom stereocenters. The Balaban J connectivity index is 5.40. The SMILES string of the molecule is CCCCC/C=C\C/C=C\C/C=C\C/C=C\C/C=C\CCC(=O)O[C@H](COC(=O)CCCCCCCCC/C=C\CCCCCC)COP(=O)(O)OC[C@@H](O)COP(=O)(O)OC[C@@H](COC(=O)CCCCCCCCC/C=C\CCCCCC)OC(=O)CCCCCCCCCCCCCCC. The summed E-state index contributed by atoms with van der Waals surface area (Å²) in [6.45, 7) is 4.79. The minimum absolute atomic E-state index is 0.0272. The molecule has 0 fully saturated rings. The molecule has 0 radical (unpaired) electrons. The average Bonchev–Trinajstić information content (AvgIpc) is 0.908. The topological polar surface area (TPSA) is 237 Å². The maximum Gasteiger partial charge on any atom is 0.472 e. The van der Waals surface area contributed by atoms with Gasteiger partial charge in [0.2, 0.25) is 0 Å². The molecule has 0 aromatic heterocycles. The van der Waals surface area contributed by atoms with Crippen LogP contribution in [0.15, 0.2) is 85.1 Å². The molecule has 0 aliphatic heterocycles. The quantitative estimate of drug-likeness (QED) is 0.0169. The Kier molecular flexibility index (Phi) is 72.7. The van der Waals surface area contributed by atoms with Crippen molar-refractivity contribution in [2.45, 2.75) is 380 Å². The standard InChI is InChI=1S/C83H148O17P2/c1-5-9-13-17-21-25-29-33-36-37-38-39-42-46-50-54-58-62-66-70-83(88)100-79(74-94-81(86)68-64-60-56-52-48-45-41-35-31-27-23-19-15-11-7-3)76-98-102(91,92)96-72-77(84)71-95-101(89,90)97-75-78(99-82(87)69-65-61-57-53-49-43-32-28-24-20-16-12-8-4)73-93-80(85)67-63-59-55-51-47-44-40-34-30-26-22-18-14-10-6-2/h21,25-27,30-31,33,36,38-39,46,50,58,62,77-79,84H,5-20,22-24,28-29,32,34-35,37,40-45,47-49,51-57,59-61,63-76H2,1-4H3,(H,89,90)(H,91,92)/b25-21-,30-26-,31-27-,36-33-,39-38-,50-46-,62-58-/t77-,78+,79+/m0/s1. The minimum atomic E-state index is -4.99. The molecule has 0 spiro atoms. The fourth-order valence-corrected chi connectivity index (χ4v) is 12.7. The fourth-order valence-electron chi connectivity index (χ4n) is 11.1. The molecule has 2 unspecified atom stereocenters. The largest absolute Gasteiger partial charge is 0.472 e. The van der Waals surface area contributed by atoms with Gasteiger partial charge in [-0.15, -0.1) is 0 Å². The van der Waals surface area contributed by atoms with Gasteiger partial charge < -0.3 is 33.8 Å². The van der Waals surface area contributed by atoms with Crippen molar-refractivity contribution in [3.63, 3.8) is 0 Å². The van der Waals surface area contributed by atoms with Gasteiger partial charge in [0.15, 0.2) is 12.2 Å². The van der Waals surface area contributed by atoms with E-state index in [2.05, 4.69) is 94.5 Å². The molecule has 19 heteroatoms. The summed E-state index contributed by atoms with van der Waals surface area (Å²) < 4.78 is 68.6. The van der Waals surface area contributed by atoms with Crippen molar-refractivity contribution in [2.24, 2.45) is 0 Å². The zero-order valence-corrected chi connectivity index (χ0v) is 66.6. The van der Waals surface area contributed by atoms with E-state index in [1.54, 1.807) is 0 Å².